The second-order valence-corrected chi connectivity index (χ2v) is 1.93. The maximum Gasteiger partial charge on any atom is 0.316 e. The molecule has 1 atom stereocenters. The van der Waals surface area contributed by atoms with Crippen LogP contribution in [0.2, 0.25) is 0 Å². The number of alkyl halides is 2. The van der Waals surface area contributed by atoms with Crippen molar-refractivity contribution >= 4 is 5.97 Å². The molecular weight excluding hydrogens is 156 g/mol. The van der Waals surface area contributed by atoms with Crippen LogP contribution in [0.15, 0.2) is 0 Å². The van der Waals surface area contributed by atoms with Crippen LogP contribution in [0.25, 0.3) is 0 Å². The van der Waals surface area contributed by atoms with Crippen LogP contribution in [0.5, 0.6) is 0 Å². The van der Waals surface area contributed by atoms with Crippen molar-refractivity contribution in [2.45, 2.75) is 13.3 Å². The van der Waals surface area contributed by atoms with Gasteiger partial charge in [0.25, 0.3) is 6.43 Å². The fourth-order valence-corrected chi connectivity index (χ4v) is 0.551. The molecule has 0 aliphatic rings. The highest BCUT2D eigenvalue weighted by atomic mass is 19.3. The molecule has 1 unspecified atom stereocenters. The number of hydrogen-bond acceptors (Lipinski definition) is 3. The summed E-state index contributed by atoms with van der Waals surface area (Å²) < 4.78 is 28.1. The van der Waals surface area contributed by atoms with Gasteiger partial charge >= 0.3 is 5.97 Å². The first-order valence-corrected chi connectivity index (χ1v) is 3.28. The highest BCUT2D eigenvalue weighted by Gasteiger charge is 2.27. The zero-order valence-electron chi connectivity index (χ0n) is 6.22. The number of rotatable bonds is 4. The first-order chi connectivity index (χ1) is 5.13. The molecule has 0 aromatic carbocycles. The van der Waals surface area contributed by atoms with E-state index in [1.54, 1.807) is 6.92 Å². The van der Waals surface area contributed by atoms with E-state index >= 15 is 0 Å². The Morgan fingerprint density at radius 3 is 2.45 bits per heavy atom. The first kappa shape index (κ1) is 10.3. The maximum absolute atomic E-state index is 11.9. The highest BCUT2D eigenvalue weighted by molar-refractivity contribution is 5.73. The average molecular weight is 167 g/mol. The van der Waals surface area contributed by atoms with Crippen LogP contribution < -0.4 is 5.73 Å². The molecule has 11 heavy (non-hydrogen) atoms. The molecule has 0 aromatic heterocycles. The van der Waals surface area contributed by atoms with Crippen molar-refractivity contribution in [2.24, 2.45) is 11.7 Å². The van der Waals surface area contributed by atoms with E-state index in [0.717, 1.165) is 0 Å². The van der Waals surface area contributed by atoms with E-state index in [0.29, 0.717) is 0 Å². The fraction of sp³-hybridized carbons (Fsp3) is 0.833. The van der Waals surface area contributed by atoms with Crippen molar-refractivity contribution in [1.82, 2.24) is 0 Å². The molecule has 0 amide bonds. The summed E-state index contributed by atoms with van der Waals surface area (Å²) in [5.41, 5.74) is 4.92. The third-order valence-electron chi connectivity index (χ3n) is 1.15. The van der Waals surface area contributed by atoms with Gasteiger partial charge in [-0.3, -0.25) is 4.79 Å². The summed E-state index contributed by atoms with van der Waals surface area (Å²) in [6.07, 6.45) is -2.74. The van der Waals surface area contributed by atoms with Gasteiger partial charge in [-0.2, -0.15) is 0 Å². The van der Waals surface area contributed by atoms with E-state index in [4.69, 9.17) is 5.73 Å². The average Bonchev–Trinajstić information content (AvgIpc) is 1.88. The van der Waals surface area contributed by atoms with Gasteiger partial charge in [-0.1, -0.05) is 0 Å². The predicted molar refractivity (Wildman–Crippen MR) is 35.2 cm³/mol. The minimum atomic E-state index is -2.74. The Morgan fingerprint density at radius 2 is 2.18 bits per heavy atom. The summed E-state index contributed by atoms with van der Waals surface area (Å²) in [6, 6.07) is 0. The Hall–Kier alpha value is -0.710. The van der Waals surface area contributed by atoms with Crippen molar-refractivity contribution in [3.8, 4) is 0 Å². The van der Waals surface area contributed by atoms with Gasteiger partial charge in [0.2, 0.25) is 0 Å². The van der Waals surface area contributed by atoms with E-state index in [-0.39, 0.29) is 13.2 Å². The van der Waals surface area contributed by atoms with Gasteiger partial charge in [-0.15, -0.1) is 0 Å². The Labute approximate surface area is 63.5 Å². The summed E-state index contributed by atoms with van der Waals surface area (Å²) in [7, 11) is 0. The van der Waals surface area contributed by atoms with Gasteiger partial charge in [-0.05, 0) is 6.92 Å². The standard InChI is InChI=1S/C6H11F2NO2/c1-2-11-6(10)4(3-9)5(7)8/h4-5H,2-3,9H2,1H3. The second kappa shape index (κ2) is 5.01. The number of ether oxygens (including phenoxy) is 1. The molecule has 0 fully saturated rings. The molecule has 0 bridgehead atoms. The molecule has 0 rings (SSSR count). The van der Waals surface area contributed by atoms with Gasteiger partial charge in [0, 0.05) is 6.54 Å². The summed E-state index contributed by atoms with van der Waals surface area (Å²) in [5.74, 6) is -2.40. The molecule has 0 aliphatic heterocycles. The molecule has 0 radical (unpaired) electrons. The molecule has 5 heteroatoms. The van der Waals surface area contributed by atoms with Gasteiger partial charge in [0.15, 0.2) is 0 Å². The number of carbonyl (C=O) groups excluding carboxylic acids is 1. The molecule has 66 valence electrons. The molecular formula is C6H11F2NO2. The Balaban J connectivity index is 3.92. The number of hydrogen-bond donors (Lipinski definition) is 1. The topological polar surface area (TPSA) is 52.3 Å². The van der Waals surface area contributed by atoms with Crippen LogP contribution in [0.3, 0.4) is 0 Å². The lowest BCUT2D eigenvalue weighted by Crippen LogP contribution is -2.31. The van der Waals surface area contributed by atoms with Crippen molar-refractivity contribution in [3.63, 3.8) is 0 Å². The molecule has 0 aliphatic carbocycles. The SMILES string of the molecule is CCOC(=O)C(CN)C(F)F. The molecule has 0 spiro atoms. The summed E-state index contributed by atoms with van der Waals surface area (Å²) in [6.45, 7) is 1.27. The lowest BCUT2D eigenvalue weighted by Gasteiger charge is -2.11. The highest BCUT2D eigenvalue weighted by Crippen LogP contribution is 2.09. The number of esters is 1. The van der Waals surface area contributed by atoms with Crippen molar-refractivity contribution in [1.29, 1.82) is 0 Å². The molecule has 0 saturated heterocycles. The summed E-state index contributed by atoms with van der Waals surface area (Å²) in [4.78, 5) is 10.6. The van der Waals surface area contributed by atoms with Gasteiger partial charge in [0.1, 0.15) is 5.92 Å². The second-order valence-electron chi connectivity index (χ2n) is 1.93. The quantitative estimate of drug-likeness (QED) is 0.616. The third-order valence-corrected chi connectivity index (χ3v) is 1.15. The predicted octanol–water partition coefficient (Wildman–Crippen LogP) is 0.389. The van der Waals surface area contributed by atoms with Crippen molar-refractivity contribution in [3.05, 3.63) is 0 Å². The Bertz CT molecular complexity index is 130. The number of nitrogens with two attached hydrogens (primary N) is 1. The lowest BCUT2D eigenvalue weighted by molar-refractivity contribution is -0.152. The van der Waals surface area contributed by atoms with E-state index in [2.05, 4.69) is 4.74 Å². The van der Waals surface area contributed by atoms with Crippen LogP contribution in [-0.2, 0) is 9.53 Å². The summed E-state index contributed by atoms with van der Waals surface area (Å²) >= 11 is 0. The minimum Gasteiger partial charge on any atom is -0.466 e. The monoisotopic (exact) mass is 167 g/mol. The summed E-state index contributed by atoms with van der Waals surface area (Å²) in [5, 5.41) is 0. The van der Waals surface area contributed by atoms with Crippen LogP contribution >= 0.6 is 0 Å². The van der Waals surface area contributed by atoms with E-state index < -0.39 is 18.3 Å². The molecule has 3 nitrogen and oxygen atoms in total. The number of halogens is 2. The molecule has 0 aromatic rings. The van der Waals surface area contributed by atoms with Crippen molar-refractivity contribution in [2.75, 3.05) is 13.2 Å². The van der Waals surface area contributed by atoms with Crippen LogP contribution in [0.4, 0.5) is 8.78 Å². The number of carbonyl (C=O) groups is 1. The Morgan fingerprint density at radius 1 is 1.64 bits per heavy atom. The Kier molecular flexibility index (Phi) is 4.69. The van der Waals surface area contributed by atoms with Crippen LogP contribution in [0, 0.1) is 5.92 Å². The van der Waals surface area contributed by atoms with E-state index in [1.165, 1.54) is 0 Å². The first-order valence-electron chi connectivity index (χ1n) is 3.28. The fourth-order valence-electron chi connectivity index (χ4n) is 0.551. The molecule has 2 N–H and O–H groups in total. The zero-order chi connectivity index (χ0) is 8.85. The zero-order valence-corrected chi connectivity index (χ0v) is 6.22. The largest absolute Gasteiger partial charge is 0.466 e. The van der Waals surface area contributed by atoms with Crippen molar-refractivity contribution < 1.29 is 18.3 Å². The molecule has 0 saturated carbocycles. The third kappa shape index (κ3) is 3.27. The van der Waals surface area contributed by atoms with E-state index in [9.17, 15) is 13.6 Å². The maximum atomic E-state index is 11.9. The lowest BCUT2D eigenvalue weighted by atomic mass is 10.1. The minimum absolute atomic E-state index is 0.0993. The van der Waals surface area contributed by atoms with Gasteiger partial charge in [0.05, 0.1) is 6.61 Å². The van der Waals surface area contributed by atoms with E-state index in [1.807, 2.05) is 0 Å². The van der Waals surface area contributed by atoms with Crippen LogP contribution in [0.1, 0.15) is 6.92 Å². The smallest absolute Gasteiger partial charge is 0.316 e. The van der Waals surface area contributed by atoms with Gasteiger partial charge < -0.3 is 10.5 Å². The van der Waals surface area contributed by atoms with Crippen LogP contribution in [-0.4, -0.2) is 25.5 Å². The van der Waals surface area contributed by atoms with Gasteiger partial charge in [-0.25, -0.2) is 8.78 Å². The molecule has 0 heterocycles. The normalized spacial score (nSPS) is 13.2.